The lowest BCUT2D eigenvalue weighted by atomic mass is 10.1. The van der Waals surface area contributed by atoms with Gasteiger partial charge in [-0.25, -0.2) is 24.3 Å². The maximum Gasteiger partial charge on any atom is 0.321 e. The molecule has 3 aromatic heterocycles. The van der Waals surface area contributed by atoms with Gasteiger partial charge in [-0.2, -0.15) is 5.10 Å². The molecule has 9 nitrogen and oxygen atoms in total. The largest absolute Gasteiger partial charge is 0.424 e. The number of hydrogen-bond acceptors (Lipinski definition) is 7. The summed E-state index contributed by atoms with van der Waals surface area (Å²) in [6, 6.07) is 17.1. The van der Waals surface area contributed by atoms with Gasteiger partial charge in [0.15, 0.2) is 5.82 Å². The van der Waals surface area contributed by atoms with Crippen molar-refractivity contribution in [3.05, 3.63) is 90.8 Å². The average Bonchev–Trinajstić information content (AvgIpc) is 3.36. The molecule has 0 aliphatic carbocycles. The number of benzene rings is 2. The standard InChI is InChI=1S/C26H18FN7O2/c27-19-5-1-16(2-6-19)18-14-30-26(31-15-18)36-20-7-3-17(4-8-20)24-28-10-9-21(32-24)22-13-23-25(35)29-11-12-34(23)33-22/h1-10,13-15H,11-12H2,(H,29,35). The van der Waals surface area contributed by atoms with Gasteiger partial charge in [-0.15, -0.1) is 0 Å². The van der Waals surface area contributed by atoms with Crippen LogP contribution in [-0.2, 0) is 6.54 Å². The molecule has 0 fully saturated rings. The van der Waals surface area contributed by atoms with Gasteiger partial charge in [0.1, 0.15) is 23.0 Å². The molecule has 176 valence electrons. The Morgan fingerprint density at radius 1 is 0.861 bits per heavy atom. The molecule has 1 aliphatic heterocycles. The SMILES string of the molecule is O=C1NCCn2nc(-c3ccnc(-c4ccc(Oc5ncc(-c6ccc(F)cc6)cn5)cc4)n3)cc21. The predicted molar refractivity (Wildman–Crippen MR) is 129 cm³/mol. The molecule has 0 spiro atoms. The van der Waals surface area contributed by atoms with Crippen molar-refractivity contribution in [2.75, 3.05) is 6.54 Å². The lowest BCUT2D eigenvalue weighted by molar-refractivity contribution is 0.0924. The molecule has 2 aromatic carbocycles. The van der Waals surface area contributed by atoms with Crippen molar-refractivity contribution in [3.8, 4) is 45.7 Å². The number of nitrogens with zero attached hydrogens (tertiary/aromatic N) is 6. The lowest BCUT2D eigenvalue weighted by Gasteiger charge is -2.13. The van der Waals surface area contributed by atoms with E-state index in [9.17, 15) is 9.18 Å². The van der Waals surface area contributed by atoms with Gasteiger partial charge < -0.3 is 10.1 Å². The highest BCUT2D eigenvalue weighted by molar-refractivity contribution is 5.94. The van der Waals surface area contributed by atoms with Crippen LogP contribution in [0.2, 0.25) is 0 Å². The molecule has 0 radical (unpaired) electrons. The van der Waals surface area contributed by atoms with Crippen LogP contribution in [0.4, 0.5) is 4.39 Å². The summed E-state index contributed by atoms with van der Waals surface area (Å²) in [6.45, 7) is 1.18. The minimum absolute atomic E-state index is 0.140. The highest BCUT2D eigenvalue weighted by Crippen LogP contribution is 2.26. The summed E-state index contributed by atoms with van der Waals surface area (Å²) >= 11 is 0. The number of nitrogens with one attached hydrogen (secondary N) is 1. The van der Waals surface area contributed by atoms with Crippen molar-refractivity contribution in [1.82, 2.24) is 35.0 Å². The number of amides is 1. The quantitative estimate of drug-likeness (QED) is 0.404. The molecule has 1 aliphatic rings. The highest BCUT2D eigenvalue weighted by Gasteiger charge is 2.20. The first kappa shape index (κ1) is 21.5. The molecule has 0 saturated heterocycles. The number of ether oxygens (including phenoxy) is 1. The summed E-state index contributed by atoms with van der Waals surface area (Å²) in [5.41, 5.74) is 4.13. The molecule has 0 bridgehead atoms. The molecule has 36 heavy (non-hydrogen) atoms. The van der Waals surface area contributed by atoms with E-state index in [0.717, 1.165) is 16.7 Å². The number of carbonyl (C=O) groups is 1. The molecule has 5 aromatic rings. The molecule has 1 N–H and O–H groups in total. The van der Waals surface area contributed by atoms with Crippen molar-refractivity contribution >= 4 is 5.91 Å². The van der Waals surface area contributed by atoms with Crippen LogP contribution < -0.4 is 10.1 Å². The van der Waals surface area contributed by atoms with Crippen LogP contribution in [0.5, 0.6) is 11.8 Å². The van der Waals surface area contributed by atoms with Gasteiger partial charge in [-0.1, -0.05) is 12.1 Å². The summed E-state index contributed by atoms with van der Waals surface area (Å²) in [7, 11) is 0. The molecule has 6 rings (SSSR count). The fourth-order valence-corrected chi connectivity index (χ4v) is 3.84. The third-order valence-electron chi connectivity index (χ3n) is 5.67. The number of aromatic nitrogens is 6. The zero-order chi connectivity index (χ0) is 24.5. The Hall–Kier alpha value is -4.99. The molecule has 0 atom stereocenters. The Morgan fingerprint density at radius 3 is 2.36 bits per heavy atom. The Bertz CT molecular complexity index is 1550. The zero-order valence-electron chi connectivity index (χ0n) is 18.8. The van der Waals surface area contributed by atoms with Crippen LogP contribution in [-0.4, -0.2) is 42.2 Å². The van der Waals surface area contributed by atoms with E-state index in [1.54, 1.807) is 59.7 Å². The third-order valence-corrected chi connectivity index (χ3v) is 5.67. The van der Waals surface area contributed by atoms with E-state index >= 15 is 0 Å². The second-order valence-electron chi connectivity index (χ2n) is 8.05. The summed E-state index contributed by atoms with van der Waals surface area (Å²) in [5.74, 6) is 0.639. The van der Waals surface area contributed by atoms with Gasteiger partial charge in [0.05, 0.1) is 12.2 Å². The van der Waals surface area contributed by atoms with Crippen molar-refractivity contribution < 1.29 is 13.9 Å². The summed E-state index contributed by atoms with van der Waals surface area (Å²) < 4.78 is 20.6. The first-order chi connectivity index (χ1) is 17.6. The number of hydrogen-bond donors (Lipinski definition) is 1. The van der Waals surface area contributed by atoms with Crippen LogP contribution in [0.25, 0.3) is 33.9 Å². The van der Waals surface area contributed by atoms with E-state index in [0.29, 0.717) is 41.7 Å². The first-order valence-corrected chi connectivity index (χ1v) is 11.2. The molecular formula is C26H18FN7O2. The fourth-order valence-electron chi connectivity index (χ4n) is 3.84. The monoisotopic (exact) mass is 479 g/mol. The van der Waals surface area contributed by atoms with Crippen molar-refractivity contribution in [2.45, 2.75) is 6.54 Å². The zero-order valence-corrected chi connectivity index (χ0v) is 18.8. The van der Waals surface area contributed by atoms with E-state index in [-0.39, 0.29) is 17.7 Å². The fraction of sp³-hybridized carbons (Fsp3) is 0.0769. The number of rotatable bonds is 5. The lowest BCUT2D eigenvalue weighted by Crippen LogP contribution is -2.35. The third kappa shape index (κ3) is 4.27. The Balaban J connectivity index is 1.18. The molecule has 0 unspecified atom stereocenters. The van der Waals surface area contributed by atoms with E-state index < -0.39 is 0 Å². The maximum atomic E-state index is 13.1. The molecule has 4 heterocycles. The van der Waals surface area contributed by atoms with Gasteiger partial charge in [0, 0.05) is 36.3 Å². The van der Waals surface area contributed by atoms with E-state index in [4.69, 9.17) is 4.74 Å². The van der Waals surface area contributed by atoms with E-state index in [1.807, 2.05) is 12.1 Å². The van der Waals surface area contributed by atoms with Crippen molar-refractivity contribution in [2.24, 2.45) is 0 Å². The average molecular weight is 479 g/mol. The van der Waals surface area contributed by atoms with Gasteiger partial charge >= 0.3 is 6.01 Å². The van der Waals surface area contributed by atoms with Crippen LogP contribution >= 0.6 is 0 Å². The summed E-state index contributed by atoms with van der Waals surface area (Å²) in [4.78, 5) is 29.5. The summed E-state index contributed by atoms with van der Waals surface area (Å²) in [6.07, 6.45) is 4.91. The highest BCUT2D eigenvalue weighted by atomic mass is 19.1. The molecular weight excluding hydrogens is 461 g/mol. The predicted octanol–water partition coefficient (Wildman–Crippen LogP) is 4.14. The Labute approximate surface area is 204 Å². The molecule has 0 saturated carbocycles. The second kappa shape index (κ2) is 8.99. The number of fused-ring (bicyclic) bond motifs is 1. The van der Waals surface area contributed by atoms with Crippen LogP contribution in [0, 0.1) is 5.82 Å². The van der Waals surface area contributed by atoms with E-state index in [2.05, 4.69) is 30.4 Å². The van der Waals surface area contributed by atoms with Crippen molar-refractivity contribution in [3.63, 3.8) is 0 Å². The van der Waals surface area contributed by atoms with Gasteiger partial charge in [-0.05, 0) is 54.1 Å². The van der Waals surface area contributed by atoms with Gasteiger partial charge in [0.25, 0.3) is 5.91 Å². The number of carbonyl (C=O) groups excluding carboxylic acids is 1. The second-order valence-corrected chi connectivity index (χ2v) is 8.05. The van der Waals surface area contributed by atoms with Crippen LogP contribution in [0.1, 0.15) is 10.5 Å². The summed E-state index contributed by atoms with van der Waals surface area (Å²) in [5, 5.41) is 7.32. The van der Waals surface area contributed by atoms with Crippen LogP contribution in [0.3, 0.4) is 0 Å². The Kier molecular flexibility index (Phi) is 5.38. The smallest absolute Gasteiger partial charge is 0.321 e. The van der Waals surface area contributed by atoms with Crippen molar-refractivity contribution in [1.29, 1.82) is 0 Å². The molecule has 1 amide bonds. The Morgan fingerprint density at radius 2 is 1.61 bits per heavy atom. The van der Waals surface area contributed by atoms with Crippen LogP contribution in [0.15, 0.2) is 79.3 Å². The first-order valence-electron chi connectivity index (χ1n) is 11.2. The number of halogens is 1. The minimum Gasteiger partial charge on any atom is -0.424 e. The topological polar surface area (TPSA) is 108 Å². The van der Waals surface area contributed by atoms with Gasteiger partial charge in [0.2, 0.25) is 0 Å². The minimum atomic E-state index is -0.297. The van der Waals surface area contributed by atoms with Gasteiger partial charge in [-0.3, -0.25) is 9.48 Å². The maximum absolute atomic E-state index is 13.1. The molecule has 10 heteroatoms. The normalized spacial score (nSPS) is 12.6. The van der Waals surface area contributed by atoms with E-state index in [1.165, 1.54) is 12.1 Å².